The molecule has 1 atom stereocenters. The van der Waals surface area contributed by atoms with Crippen LogP contribution < -0.4 is 9.80 Å². The van der Waals surface area contributed by atoms with Gasteiger partial charge in [-0.25, -0.2) is 0 Å². The lowest BCUT2D eigenvalue weighted by molar-refractivity contribution is 0.611. The summed E-state index contributed by atoms with van der Waals surface area (Å²) in [7, 11) is 0. The number of allylic oxidation sites excluding steroid dienone is 9. The third-order valence-electron chi connectivity index (χ3n) is 13.1. The number of rotatable bonds is 8. The molecule has 0 N–H and O–H groups in total. The summed E-state index contributed by atoms with van der Waals surface area (Å²) in [6, 6.07) is 53.5. The molecule has 0 fully saturated rings. The van der Waals surface area contributed by atoms with Crippen molar-refractivity contribution in [1.29, 1.82) is 0 Å². The Kier molecular flexibility index (Phi) is 8.82. The van der Waals surface area contributed by atoms with Crippen LogP contribution in [0.2, 0.25) is 0 Å². The van der Waals surface area contributed by atoms with Gasteiger partial charge >= 0.3 is 0 Å². The fraction of sp³-hybridized carbons (Fsp3) is 0.179. The minimum atomic E-state index is -0.137. The normalized spacial score (nSPS) is 18.1. The molecule has 4 aliphatic carbocycles. The second-order valence-corrected chi connectivity index (χ2v) is 17.3. The largest absolute Gasteiger partial charge is 0.314 e. The van der Waals surface area contributed by atoms with Crippen molar-refractivity contribution in [3.8, 4) is 11.1 Å². The van der Waals surface area contributed by atoms with Crippen molar-refractivity contribution in [2.45, 2.75) is 63.7 Å². The molecular weight excluding hydrogens is 701 g/mol. The molecule has 2 nitrogen and oxygen atoms in total. The van der Waals surface area contributed by atoms with Crippen molar-refractivity contribution in [1.82, 2.24) is 0 Å². The molecule has 0 saturated carbocycles. The Morgan fingerprint density at radius 3 is 1.79 bits per heavy atom. The lowest BCUT2D eigenvalue weighted by Gasteiger charge is -2.30. The van der Waals surface area contributed by atoms with Gasteiger partial charge in [-0.1, -0.05) is 155 Å². The Balaban J connectivity index is 0.923. The van der Waals surface area contributed by atoms with Gasteiger partial charge in [0.05, 0.1) is 0 Å². The van der Waals surface area contributed by atoms with Gasteiger partial charge in [0.15, 0.2) is 0 Å². The van der Waals surface area contributed by atoms with Gasteiger partial charge in [0.2, 0.25) is 0 Å². The maximum atomic E-state index is 2.48. The quantitative estimate of drug-likeness (QED) is 0.153. The molecule has 0 aliphatic heterocycles. The highest BCUT2D eigenvalue weighted by atomic mass is 15.2. The predicted octanol–water partition coefficient (Wildman–Crippen LogP) is 15.2. The van der Waals surface area contributed by atoms with E-state index in [9.17, 15) is 0 Å². The zero-order valence-electron chi connectivity index (χ0n) is 34.0. The smallest absolute Gasteiger partial charge is 0.0465 e. The monoisotopic (exact) mass is 750 g/mol. The van der Waals surface area contributed by atoms with Gasteiger partial charge in [0, 0.05) is 50.9 Å². The SMILES string of the molecule is CC1(C)C2=CC(/C=C/c3ccc4c(c3)C(C)(C)c3cc(N(c5ccccc5)c5ccccc5)ccc3-4)=CCC2c2ccc(N(C3=CC=CCC3)c3ccccc3)cc21. The van der Waals surface area contributed by atoms with Gasteiger partial charge in [-0.15, -0.1) is 0 Å². The molecule has 0 heterocycles. The highest BCUT2D eigenvalue weighted by Gasteiger charge is 2.42. The molecule has 0 aromatic heterocycles. The highest BCUT2D eigenvalue weighted by molar-refractivity contribution is 5.86. The summed E-state index contributed by atoms with van der Waals surface area (Å²) < 4.78 is 0. The van der Waals surface area contributed by atoms with Crippen LogP contribution in [-0.2, 0) is 10.8 Å². The molecule has 10 rings (SSSR count). The molecule has 0 bridgehead atoms. The Morgan fingerprint density at radius 2 is 1.14 bits per heavy atom. The molecule has 0 spiro atoms. The van der Waals surface area contributed by atoms with E-state index in [1.807, 2.05) is 0 Å². The first kappa shape index (κ1) is 36.0. The maximum Gasteiger partial charge on any atom is 0.0465 e. The van der Waals surface area contributed by atoms with E-state index >= 15 is 0 Å². The number of fused-ring (bicyclic) bond motifs is 6. The number of anilines is 5. The minimum Gasteiger partial charge on any atom is -0.314 e. The molecule has 284 valence electrons. The predicted molar refractivity (Wildman–Crippen MR) is 246 cm³/mol. The van der Waals surface area contributed by atoms with Crippen molar-refractivity contribution < 1.29 is 0 Å². The van der Waals surface area contributed by atoms with Crippen molar-refractivity contribution >= 4 is 34.5 Å². The minimum absolute atomic E-state index is 0.0641. The standard InChI is InChI=1S/C56H50N2/c1-55(2)51-35-39(27-31-47(51)49-33-29-45(37-53(49)55)57(41-17-9-5-10-18-41)42-19-11-6-12-20-42)25-26-40-28-32-48-50-34-30-46(38-54(50)56(3,4)52(48)36-40)58(43-21-13-7-14-22-43)44-23-15-8-16-24-44/h5-15,17-23,25-31,33-38,48H,16,24,32H2,1-4H3/b26-25+. The highest BCUT2D eigenvalue weighted by Crippen LogP contribution is 2.55. The lowest BCUT2D eigenvalue weighted by atomic mass is 9.77. The van der Waals surface area contributed by atoms with Crippen molar-refractivity contribution in [3.05, 3.63) is 227 Å². The van der Waals surface area contributed by atoms with E-state index in [-0.39, 0.29) is 10.8 Å². The van der Waals surface area contributed by atoms with Crippen molar-refractivity contribution in [2.24, 2.45) is 0 Å². The van der Waals surface area contributed by atoms with Gasteiger partial charge in [0.25, 0.3) is 0 Å². The maximum absolute atomic E-state index is 2.48. The van der Waals surface area contributed by atoms with Crippen LogP contribution in [0.25, 0.3) is 17.2 Å². The topological polar surface area (TPSA) is 6.48 Å². The number of hydrogen-bond donors (Lipinski definition) is 0. The number of hydrogen-bond acceptors (Lipinski definition) is 2. The van der Waals surface area contributed by atoms with Gasteiger partial charge in [-0.05, 0) is 131 Å². The summed E-state index contributed by atoms with van der Waals surface area (Å²) in [5.41, 5.74) is 19.5. The zero-order valence-corrected chi connectivity index (χ0v) is 34.0. The van der Waals surface area contributed by atoms with E-state index in [1.165, 1.54) is 72.8 Å². The second-order valence-electron chi connectivity index (χ2n) is 17.3. The third-order valence-corrected chi connectivity index (χ3v) is 13.1. The number of benzene rings is 6. The van der Waals surface area contributed by atoms with Crippen LogP contribution in [0.4, 0.5) is 28.4 Å². The summed E-state index contributed by atoms with van der Waals surface area (Å²) >= 11 is 0. The first-order valence-corrected chi connectivity index (χ1v) is 20.9. The van der Waals surface area contributed by atoms with Crippen LogP contribution in [0, 0.1) is 0 Å². The molecule has 2 heteroatoms. The molecule has 0 radical (unpaired) electrons. The van der Waals surface area contributed by atoms with Crippen LogP contribution >= 0.6 is 0 Å². The molecule has 0 amide bonds. The molecule has 6 aromatic rings. The molecule has 58 heavy (non-hydrogen) atoms. The average molecular weight is 751 g/mol. The Hall–Kier alpha value is -6.38. The van der Waals surface area contributed by atoms with Gasteiger partial charge in [-0.2, -0.15) is 0 Å². The van der Waals surface area contributed by atoms with Crippen LogP contribution in [0.5, 0.6) is 0 Å². The van der Waals surface area contributed by atoms with Gasteiger partial charge in [0.1, 0.15) is 0 Å². The van der Waals surface area contributed by atoms with E-state index in [0.29, 0.717) is 5.92 Å². The molecule has 4 aliphatic rings. The van der Waals surface area contributed by atoms with E-state index in [4.69, 9.17) is 0 Å². The van der Waals surface area contributed by atoms with Crippen molar-refractivity contribution in [2.75, 3.05) is 9.80 Å². The third kappa shape index (κ3) is 6.10. The summed E-state index contributed by atoms with van der Waals surface area (Å²) in [6.45, 7) is 9.61. The lowest BCUT2D eigenvalue weighted by Crippen LogP contribution is -2.20. The zero-order chi connectivity index (χ0) is 39.4. The van der Waals surface area contributed by atoms with Crippen LogP contribution in [0.1, 0.15) is 80.7 Å². The van der Waals surface area contributed by atoms with E-state index < -0.39 is 0 Å². The van der Waals surface area contributed by atoms with Crippen LogP contribution in [0.15, 0.2) is 199 Å². The first-order chi connectivity index (χ1) is 28.3. The van der Waals surface area contributed by atoms with E-state index in [0.717, 1.165) is 30.6 Å². The molecule has 1 unspecified atom stereocenters. The fourth-order valence-corrected chi connectivity index (χ4v) is 10.0. The van der Waals surface area contributed by atoms with Gasteiger partial charge < -0.3 is 9.80 Å². The number of nitrogens with zero attached hydrogens (tertiary/aromatic N) is 2. The summed E-state index contributed by atoms with van der Waals surface area (Å²) in [5.74, 6) is 0.419. The van der Waals surface area contributed by atoms with Crippen molar-refractivity contribution in [3.63, 3.8) is 0 Å². The fourth-order valence-electron chi connectivity index (χ4n) is 10.0. The average Bonchev–Trinajstić information content (AvgIpc) is 3.63. The molecule has 0 saturated heterocycles. The summed E-state index contributed by atoms with van der Waals surface area (Å²) in [4.78, 5) is 4.82. The Bertz CT molecular complexity index is 2650. The van der Waals surface area contributed by atoms with Gasteiger partial charge in [-0.3, -0.25) is 0 Å². The summed E-state index contributed by atoms with van der Waals surface area (Å²) in [6.07, 6.45) is 19.5. The molecular formula is C56H50N2. The van der Waals surface area contributed by atoms with Crippen LogP contribution in [-0.4, -0.2) is 0 Å². The Labute approximate surface area is 344 Å². The van der Waals surface area contributed by atoms with E-state index in [1.54, 1.807) is 0 Å². The van der Waals surface area contributed by atoms with Crippen LogP contribution in [0.3, 0.4) is 0 Å². The molecule has 6 aromatic carbocycles. The second kappa shape index (κ2) is 14.2. The first-order valence-electron chi connectivity index (χ1n) is 20.9. The Morgan fingerprint density at radius 1 is 0.552 bits per heavy atom. The van der Waals surface area contributed by atoms with E-state index in [2.05, 4.69) is 226 Å². The number of para-hydroxylation sites is 3. The summed E-state index contributed by atoms with van der Waals surface area (Å²) in [5, 5.41) is 0.